The van der Waals surface area contributed by atoms with Crippen molar-refractivity contribution < 1.29 is 23.4 Å². The number of carbonyl (C=O) groups is 1. The highest BCUT2D eigenvalue weighted by molar-refractivity contribution is 5.92. The number of ether oxygens (including phenoxy) is 3. The summed E-state index contributed by atoms with van der Waals surface area (Å²) in [4.78, 5) is 14.1. The molecule has 1 unspecified atom stereocenters. The van der Waals surface area contributed by atoms with Crippen LogP contribution in [0.2, 0.25) is 0 Å². The Bertz CT molecular complexity index is 967. The third kappa shape index (κ3) is 3.33. The zero-order valence-electron chi connectivity index (χ0n) is 17.3. The second-order valence-corrected chi connectivity index (χ2v) is 8.54. The van der Waals surface area contributed by atoms with Gasteiger partial charge in [0.1, 0.15) is 12.4 Å². The molecule has 1 atom stereocenters. The average Bonchev–Trinajstić information content (AvgIpc) is 3.46. The van der Waals surface area contributed by atoms with Crippen LogP contribution in [0.15, 0.2) is 24.5 Å². The molecule has 5 rings (SSSR count). The quantitative estimate of drug-likeness (QED) is 0.741. The predicted octanol–water partition coefficient (Wildman–Crippen LogP) is 3.91. The molecule has 3 heterocycles. The topological polar surface area (TPSA) is 65.8 Å². The van der Waals surface area contributed by atoms with E-state index >= 15 is 0 Å². The second kappa shape index (κ2) is 7.27. The molecule has 1 saturated heterocycles. The maximum absolute atomic E-state index is 14.6. The number of methoxy groups -OCH3 is 1. The molecule has 2 aromatic rings. The number of rotatable bonds is 5. The Morgan fingerprint density at radius 3 is 2.80 bits per heavy atom. The van der Waals surface area contributed by atoms with Gasteiger partial charge < -0.3 is 14.2 Å². The first-order valence-corrected chi connectivity index (χ1v) is 10.5. The van der Waals surface area contributed by atoms with Crippen LogP contribution in [0.5, 0.6) is 5.75 Å². The minimum atomic E-state index is -1.47. The number of aromatic nitrogens is 2. The SMILES string of the molecule is COC(=O)N1c2ccc(-c3cnn(C4CC4)c3)c(OCC3(F)COC3)c2CCC1C. The second-order valence-electron chi connectivity index (χ2n) is 8.54. The maximum atomic E-state index is 14.6. The van der Waals surface area contributed by atoms with Crippen LogP contribution >= 0.6 is 0 Å². The van der Waals surface area contributed by atoms with Crippen molar-refractivity contribution in [2.24, 2.45) is 0 Å². The fraction of sp³-hybridized carbons (Fsp3) is 0.545. The van der Waals surface area contributed by atoms with Crippen LogP contribution in [0.3, 0.4) is 0 Å². The molecule has 30 heavy (non-hydrogen) atoms. The number of amides is 1. The molecule has 2 fully saturated rings. The van der Waals surface area contributed by atoms with E-state index in [1.54, 1.807) is 4.90 Å². The summed E-state index contributed by atoms with van der Waals surface area (Å²) in [5, 5.41) is 4.49. The van der Waals surface area contributed by atoms with E-state index in [0.29, 0.717) is 11.8 Å². The van der Waals surface area contributed by atoms with Gasteiger partial charge in [0.2, 0.25) is 0 Å². The van der Waals surface area contributed by atoms with Crippen LogP contribution in [0, 0.1) is 0 Å². The van der Waals surface area contributed by atoms with Crippen molar-refractivity contribution >= 4 is 11.8 Å². The normalized spacial score (nSPS) is 22.2. The van der Waals surface area contributed by atoms with Crippen LogP contribution in [0.25, 0.3) is 11.1 Å². The van der Waals surface area contributed by atoms with Gasteiger partial charge in [-0.2, -0.15) is 5.10 Å². The average molecular weight is 415 g/mol. The molecule has 0 N–H and O–H groups in total. The molecule has 0 bridgehead atoms. The van der Waals surface area contributed by atoms with Crippen LogP contribution in [-0.2, 0) is 15.9 Å². The zero-order valence-corrected chi connectivity index (χ0v) is 17.3. The molecule has 1 saturated carbocycles. The van der Waals surface area contributed by atoms with Gasteiger partial charge >= 0.3 is 6.09 Å². The van der Waals surface area contributed by atoms with E-state index in [4.69, 9.17) is 14.2 Å². The van der Waals surface area contributed by atoms with Crippen LogP contribution < -0.4 is 9.64 Å². The highest BCUT2D eigenvalue weighted by atomic mass is 19.1. The van der Waals surface area contributed by atoms with Gasteiger partial charge in [-0.1, -0.05) is 0 Å². The van der Waals surface area contributed by atoms with Crippen molar-refractivity contribution in [1.29, 1.82) is 0 Å². The molecule has 1 aromatic heterocycles. The Kier molecular flexibility index (Phi) is 4.69. The summed E-state index contributed by atoms with van der Waals surface area (Å²) in [6, 6.07) is 4.33. The van der Waals surface area contributed by atoms with Crippen molar-refractivity contribution in [3.63, 3.8) is 0 Å². The predicted molar refractivity (Wildman–Crippen MR) is 109 cm³/mol. The number of carbonyl (C=O) groups excluding carboxylic acids is 1. The number of anilines is 1. The lowest BCUT2D eigenvalue weighted by atomic mass is 9.92. The molecule has 0 spiro atoms. The number of hydrogen-bond donors (Lipinski definition) is 0. The fourth-order valence-corrected chi connectivity index (χ4v) is 4.20. The largest absolute Gasteiger partial charge is 0.489 e. The number of nitrogens with zero attached hydrogens (tertiary/aromatic N) is 3. The lowest BCUT2D eigenvalue weighted by Gasteiger charge is -2.37. The van der Waals surface area contributed by atoms with Crippen molar-refractivity contribution in [3.05, 3.63) is 30.1 Å². The Balaban J connectivity index is 1.56. The van der Waals surface area contributed by atoms with Crippen LogP contribution in [0.1, 0.15) is 37.8 Å². The van der Waals surface area contributed by atoms with E-state index in [9.17, 15) is 9.18 Å². The van der Waals surface area contributed by atoms with E-state index in [-0.39, 0.29) is 25.9 Å². The van der Waals surface area contributed by atoms with Gasteiger partial charge in [0.05, 0.1) is 38.2 Å². The summed E-state index contributed by atoms with van der Waals surface area (Å²) in [6.45, 7) is 2.00. The van der Waals surface area contributed by atoms with Crippen molar-refractivity contribution in [2.45, 2.75) is 50.4 Å². The molecular weight excluding hydrogens is 389 g/mol. The number of hydrogen-bond acceptors (Lipinski definition) is 5. The Hall–Kier alpha value is -2.61. The molecule has 1 aliphatic carbocycles. The third-order valence-corrected chi connectivity index (χ3v) is 6.15. The smallest absolute Gasteiger partial charge is 0.414 e. The molecule has 0 radical (unpaired) electrons. The maximum Gasteiger partial charge on any atom is 0.414 e. The van der Waals surface area contributed by atoms with E-state index in [1.165, 1.54) is 7.11 Å². The number of benzene rings is 1. The molecule has 2 aliphatic heterocycles. The van der Waals surface area contributed by atoms with Crippen LogP contribution in [0.4, 0.5) is 14.9 Å². The molecule has 1 amide bonds. The standard InChI is InChI=1S/C22H26FN3O4/c1-14-3-6-18-19(26(14)21(27)28-2)8-7-17(15-9-24-25(10-15)16-4-5-16)20(18)30-13-22(23)11-29-12-22/h7-10,14,16H,3-6,11-13H2,1-2H3. The van der Waals surface area contributed by atoms with Gasteiger partial charge in [-0.15, -0.1) is 0 Å². The highest BCUT2D eigenvalue weighted by Crippen LogP contribution is 2.44. The Morgan fingerprint density at radius 1 is 1.33 bits per heavy atom. The number of alkyl halides is 1. The first-order valence-electron chi connectivity index (χ1n) is 10.5. The van der Waals surface area contributed by atoms with E-state index in [2.05, 4.69) is 5.10 Å². The minimum Gasteiger partial charge on any atom is -0.489 e. The van der Waals surface area contributed by atoms with E-state index in [1.807, 2.05) is 36.1 Å². The molecule has 8 heteroatoms. The van der Waals surface area contributed by atoms with Crippen molar-refractivity contribution in [1.82, 2.24) is 9.78 Å². The Labute approximate surface area is 174 Å². The monoisotopic (exact) mass is 415 g/mol. The summed E-state index contributed by atoms with van der Waals surface area (Å²) in [5.74, 6) is 0.618. The highest BCUT2D eigenvalue weighted by Gasteiger charge is 2.41. The zero-order chi connectivity index (χ0) is 20.9. The fourth-order valence-electron chi connectivity index (χ4n) is 4.20. The lowest BCUT2D eigenvalue weighted by Crippen LogP contribution is -2.50. The molecule has 1 aromatic carbocycles. The molecule has 7 nitrogen and oxygen atoms in total. The Morgan fingerprint density at radius 2 is 2.13 bits per heavy atom. The third-order valence-electron chi connectivity index (χ3n) is 6.15. The minimum absolute atomic E-state index is 0.00816. The van der Waals surface area contributed by atoms with Gasteiger partial charge in [0.25, 0.3) is 0 Å². The molecule has 160 valence electrons. The summed E-state index contributed by atoms with van der Waals surface area (Å²) < 4.78 is 32.8. The van der Waals surface area contributed by atoms with Gasteiger partial charge in [0, 0.05) is 28.9 Å². The molecular formula is C22H26FN3O4. The first kappa shape index (κ1) is 19.4. The van der Waals surface area contributed by atoms with Gasteiger partial charge in [0.15, 0.2) is 5.67 Å². The van der Waals surface area contributed by atoms with Gasteiger partial charge in [-0.05, 0) is 44.7 Å². The summed E-state index contributed by atoms with van der Waals surface area (Å²) in [5.41, 5.74) is 1.98. The van der Waals surface area contributed by atoms with Gasteiger partial charge in [-0.3, -0.25) is 9.58 Å². The number of fused-ring (bicyclic) bond motifs is 1. The lowest BCUT2D eigenvalue weighted by molar-refractivity contribution is -0.146. The van der Waals surface area contributed by atoms with Gasteiger partial charge in [-0.25, -0.2) is 9.18 Å². The van der Waals surface area contributed by atoms with E-state index in [0.717, 1.165) is 48.1 Å². The van der Waals surface area contributed by atoms with E-state index < -0.39 is 11.8 Å². The van der Waals surface area contributed by atoms with Crippen molar-refractivity contribution in [3.8, 4) is 16.9 Å². The van der Waals surface area contributed by atoms with Crippen LogP contribution in [-0.4, -0.2) is 54.5 Å². The molecule has 3 aliphatic rings. The summed E-state index contributed by atoms with van der Waals surface area (Å²) in [6.07, 6.45) is 7.24. The summed E-state index contributed by atoms with van der Waals surface area (Å²) in [7, 11) is 1.38. The first-order chi connectivity index (χ1) is 14.5. The van der Waals surface area contributed by atoms with Crippen molar-refractivity contribution in [2.75, 3.05) is 31.8 Å². The summed E-state index contributed by atoms with van der Waals surface area (Å²) >= 11 is 0. The number of halogens is 1.